The Morgan fingerprint density at radius 2 is 2.04 bits per heavy atom. The summed E-state index contributed by atoms with van der Waals surface area (Å²) in [5.41, 5.74) is 1.60. The van der Waals surface area contributed by atoms with E-state index in [4.69, 9.17) is 16.9 Å². The van der Waals surface area contributed by atoms with E-state index in [0.717, 1.165) is 0 Å². The van der Waals surface area contributed by atoms with Gasteiger partial charge in [-0.3, -0.25) is 4.79 Å². The number of nitriles is 1. The van der Waals surface area contributed by atoms with Gasteiger partial charge in [-0.05, 0) is 43.7 Å². The number of carboxylic acid groups (broad SMARTS) is 1. The van der Waals surface area contributed by atoms with Crippen LogP contribution in [0.4, 0.5) is 0 Å². The summed E-state index contributed by atoms with van der Waals surface area (Å²) >= 11 is 5.99. The van der Waals surface area contributed by atoms with Crippen molar-refractivity contribution in [2.24, 2.45) is 0 Å². The lowest BCUT2D eigenvalue weighted by atomic mass is 9.95. The van der Waals surface area contributed by atoms with E-state index in [-0.39, 0.29) is 22.0 Å². The fourth-order valence-corrected chi connectivity index (χ4v) is 3.54. The number of hydrogen-bond donors (Lipinski definition) is 1. The highest BCUT2D eigenvalue weighted by molar-refractivity contribution is 6.29. The summed E-state index contributed by atoms with van der Waals surface area (Å²) < 4.78 is 1.77. The highest BCUT2D eigenvalue weighted by Crippen LogP contribution is 2.30. The molecule has 7 heteroatoms. The third-order valence-electron chi connectivity index (χ3n) is 4.54. The first kappa shape index (κ1) is 19.3. The molecule has 1 N–H and O–H groups in total. The number of pyridine rings is 2. The maximum Gasteiger partial charge on any atom is 0.341 e. The van der Waals surface area contributed by atoms with Gasteiger partial charge in [0.15, 0.2) is 0 Å². The molecule has 0 unspecified atom stereocenters. The molecule has 140 valence electrons. The first-order valence-electron chi connectivity index (χ1n) is 8.52. The predicted octanol–water partition coefficient (Wildman–Crippen LogP) is 4.13. The molecule has 0 aliphatic rings. The molecule has 0 aliphatic carbocycles. The Balaban J connectivity index is 2.46. The first-order valence-corrected chi connectivity index (χ1v) is 8.90. The minimum Gasteiger partial charge on any atom is -0.477 e. The zero-order valence-corrected chi connectivity index (χ0v) is 16.0. The van der Waals surface area contributed by atoms with Gasteiger partial charge in [0, 0.05) is 29.6 Å². The van der Waals surface area contributed by atoms with Gasteiger partial charge >= 0.3 is 5.97 Å². The SMILES string of the molecule is CCn1c(C)c(-c2cccc(C#N)c2)c(=O)c(C(=O)O)c1-c1ccnc(Cl)c1. The van der Waals surface area contributed by atoms with E-state index < -0.39 is 11.4 Å². The van der Waals surface area contributed by atoms with Crippen molar-refractivity contribution in [1.29, 1.82) is 5.26 Å². The van der Waals surface area contributed by atoms with Crippen molar-refractivity contribution in [3.8, 4) is 28.5 Å². The van der Waals surface area contributed by atoms with Crippen molar-refractivity contribution < 1.29 is 9.90 Å². The maximum atomic E-state index is 13.3. The summed E-state index contributed by atoms with van der Waals surface area (Å²) in [5.74, 6) is -1.33. The quantitative estimate of drug-likeness (QED) is 0.672. The summed E-state index contributed by atoms with van der Waals surface area (Å²) in [6.45, 7) is 4.06. The van der Waals surface area contributed by atoms with Crippen molar-refractivity contribution >= 4 is 17.6 Å². The zero-order valence-electron chi connectivity index (χ0n) is 15.2. The van der Waals surface area contributed by atoms with Gasteiger partial charge in [0.1, 0.15) is 10.7 Å². The topological polar surface area (TPSA) is 96.0 Å². The van der Waals surface area contributed by atoms with Crippen LogP contribution in [-0.4, -0.2) is 20.6 Å². The summed E-state index contributed by atoms with van der Waals surface area (Å²) in [4.78, 5) is 29.2. The van der Waals surface area contributed by atoms with Crippen molar-refractivity contribution in [3.63, 3.8) is 0 Å². The summed E-state index contributed by atoms with van der Waals surface area (Å²) in [6, 6.07) is 11.8. The molecule has 1 aromatic carbocycles. The number of carboxylic acids is 1. The van der Waals surface area contributed by atoms with Crippen LogP contribution in [-0.2, 0) is 6.54 Å². The lowest BCUT2D eigenvalue weighted by molar-refractivity contribution is 0.0695. The van der Waals surface area contributed by atoms with Crippen LogP contribution < -0.4 is 5.43 Å². The molecule has 0 amide bonds. The van der Waals surface area contributed by atoms with E-state index in [1.54, 1.807) is 41.8 Å². The molecule has 0 radical (unpaired) electrons. The highest BCUT2D eigenvalue weighted by atomic mass is 35.5. The van der Waals surface area contributed by atoms with Gasteiger partial charge in [-0.2, -0.15) is 5.26 Å². The number of carbonyl (C=O) groups is 1. The molecule has 3 aromatic rings. The Kier molecular flexibility index (Phi) is 5.30. The van der Waals surface area contributed by atoms with E-state index >= 15 is 0 Å². The molecular weight excluding hydrogens is 378 g/mol. The van der Waals surface area contributed by atoms with Crippen molar-refractivity contribution in [3.05, 3.63) is 74.8 Å². The molecule has 28 heavy (non-hydrogen) atoms. The third-order valence-corrected chi connectivity index (χ3v) is 4.74. The molecule has 0 atom stereocenters. The van der Waals surface area contributed by atoms with Gasteiger partial charge in [-0.15, -0.1) is 0 Å². The lowest BCUT2D eigenvalue weighted by Crippen LogP contribution is -2.25. The number of halogens is 1. The van der Waals surface area contributed by atoms with Crippen LogP contribution in [0.3, 0.4) is 0 Å². The fourth-order valence-electron chi connectivity index (χ4n) is 3.36. The van der Waals surface area contributed by atoms with Crippen LogP contribution in [0.1, 0.15) is 28.5 Å². The summed E-state index contributed by atoms with van der Waals surface area (Å²) in [6.07, 6.45) is 1.47. The van der Waals surface area contributed by atoms with Gasteiger partial charge in [0.2, 0.25) is 5.43 Å². The minimum atomic E-state index is -1.33. The van der Waals surface area contributed by atoms with Gasteiger partial charge < -0.3 is 9.67 Å². The van der Waals surface area contributed by atoms with Crippen LogP contribution in [0, 0.1) is 18.3 Å². The van der Waals surface area contributed by atoms with Crippen LogP contribution in [0.5, 0.6) is 0 Å². The number of hydrogen-bond acceptors (Lipinski definition) is 4. The van der Waals surface area contributed by atoms with Crippen LogP contribution in [0.15, 0.2) is 47.4 Å². The lowest BCUT2D eigenvalue weighted by Gasteiger charge is -2.21. The van der Waals surface area contributed by atoms with Crippen molar-refractivity contribution in [2.45, 2.75) is 20.4 Å². The molecular formula is C21H16ClN3O3. The monoisotopic (exact) mass is 393 g/mol. The summed E-state index contributed by atoms with van der Waals surface area (Å²) in [7, 11) is 0. The van der Waals surface area contributed by atoms with Crippen LogP contribution in [0.2, 0.25) is 5.15 Å². The molecule has 0 saturated heterocycles. The number of aromatic carboxylic acids is 1. The molecule has 0 saturated carbocycles. The normalized spacial score (nSPS) is 10.5. The van der Waals surface area contributed by atoms with E-state index in [1.165, 1.54) is 12.3 Å². The second kappa shape index (κ2) is 7.67. The predicted molar refractivity (Wildman–Crippen MR) is 106 cm³/mol. The molecule has 0 bridgehead atoms. The van der Waals surface area contributed by atoms with Gasteiger partial charge in [0.05, 0.1) is 17.3 Å². The molecule has 0 aliphatic heterocycles. The fraction of sp³-hybridized carbons (Fsp3) is 0.143. The summed E-state index contributed by atoms with van der Waals surface area (Å²) in [5, 5.41) is 19.2. The Morgan fingerprint density at radius 3 is 2.64 bits per heavy atom. The molecule has 0 spiro atoms. The Morgan fingerprint density at radius 1 is 1.29 bits per heavy atom. The van der Waals surface area contributed by atoms with Gasteiger partial charge in [0.25, 0.3) is 0 Å². The zero-order chi connectivity index (χ0) is 20.4. The number of aromatic nitrogens is 2. The van der Waals surface area contributed by atoms with E-state index in [2.05, 4.69) is 4.98 Å². The Bertz CT molecular complexity index is 1190. The third kappa shape index (κ3) is 3.28. The molecule has 6 nitrogen and oxygen atoms in total. The number of nitrogens with zero attached hydrogens (tertiary/aromatic N) is 3. The second-order valence-electron chi connectivity index (χ2n) is 6.12. The number of benzene rings is 1. The standard InChI is InChI=1S/C21H16ClN3O3/c1-3-25-12(2)17(14-6-4-5-13(9-14)11-23)20(26)18(21(27)28)19(25)15-7-8-24-16(22)10-15/h4-10H,3H2,1-2H3,(H,27,28). The van der Waals surface area contributed by atoms with Crippen LogP contribution >= 0.6 is 11.6 Å². The van der Waals surface area contributed by atoms with E-state index in [9.17, 15) is 14.7 Å². The molecule has 0 fully saturated rings. The largest absolute Gasteiger partial charge is 0.477 e. The van der Waals surface area contributed by atoms with E-state index in [1.807, 2.05) is 13.0 Å². The second-order valence-corrected chi connectivity index (χ2v) is 6.51. The smallest absolute Gasteiger partial charge is 0.341 e. The Hall–Kier alpha value is -3.43. The number of rotatable bonds is 4. The average molecular weight is 394 g/mol. The minimum absolute atomic E-state index is 0.201. The molecule has 2 aromatic heterocycles. The Labute approximate surface area is 166 Å². The first-order chi connectivity index (χ1) is 13.4. The van der Waals surface area contributed by atoms with Gasteiger partial charge in [-0.1, -0.05) is 23.7 Å². The molecule has 3 rings (SSSR count). The van der Waals surface area contributed by atoms with Crippen molar-refractivity contribution in [2.75, 3.05) is 0 Å². The highest BCUT2D eigenvalue weighted by Gasteiger charge is 2.25. The van der Waals surface area contributed by atoms with Crippen molar-refractivity contribution in [1.82, 2.24) is 9.55 Å². The molecule has 2 heterocycles. The van der Waals surface area contributed by atoms with Crippen LogP contribution in [0.25, 0.3) is 22.4 Å². The maximum absolute atomic E-state index is 13.3. The van der Waals surface area contributed by atoms with Gasteiger partial charge in [-0.25, -0.2) is 9.78 Å². The average Bonchev–Trinajstić information content (AvgIpc) is 2.67. The van der Waals surface area contributed by atoms with E-state index in [0.29, 0.717) is 28.9 Å².